The molecule has 0 spiro atoms. The van der Waals surface area contributed by atoms with Crippen LogP contribution in [0.3, 0.4) is 0 Å². The van der Waals surface area contributed by atoms with E-state index in [4.69, 9.17) is 16.3 Å². The highest BCUT2D eigenvalue weighted by Crippen LogP contribution is 2.38. The molecule has 0 saturated carbocycles. The SMILES string of the molecule is CCOC(=O)C(c1ccc(Cl)cc1)[C@@H](C)C(F)(F)F. The Balaban J connectivity index is 3.12. The van der Waals surface area contributed by atoms with Gasteiger partial charge in [0.15, 0.2) is 0 Å². The third-order valence-corrected chi connectivity index (χ3v) is 3.04. The molecular formula is C13H14ClF3O2. The lowest BCUT2D eigenvalue weighted by atomic mass is 9.87. The minimum absolute atomic E-state index is 0.0352. The quantitative estimate of drug-likeness (QED) is 0.779. The molecule has 6 heteroatoms. The van der Waals surface area contributed by atoms with Crippen LogP contribution in [-0.2, 0) is 9.53 Å². The number of hydrogen-bond donors (Lipinski definition) is 0. The van der Waals surface area contributed by atoms with Crippen molar-refractivity contribution in [3.8, 4) is 0 Å². The molecule has 0 aliphatic carbocycles. The predicted molar refractivity (Wildman–Crippen MR) is 66.0 cm³/mol. The molecule has 0 aromatic heterocycles. The second-order valence-electron chi connectivity index (χ2n) is 4.11. The maximum absolute atomic E-state index is 12.8. The summed E-state index contributed by atoms with van der Waals surface area (Å²) < 4.78 is 43.2. The van der Waals surface area contributed by atoms with Crippen LogP contribution in [0.15, 0.2) is 24.3 Å². The molecule has 1 unspecified atom stereocenters. The molecule has 2 atom stereocenters. The lowest BCUT2D eigenvalue weighted by Gasteiger charge is -2.24. The van der Waals surface area contributed by atoms with Crippen LogP contribution in [-0.4, -0.2) is 18.8 Å². The summed E-state index contributed by atoms with van der Waals surface area (Å²) >= 11 is 5.69. The smallest absolute Gasteiger partial charge is 0.392 e. The van der Waals surface area contributed by atoms with E-state index in [0.717, 1.165) is 6.92 Å². The Labute approximate surface area is 114 Å². The summed E-state index contributed by atoms with van der Waals surface area (Å²) in [5, 5.41) is 0.394. The number of benzene rings is 1. The second kappa shape index (κ2) is 6.28. The molecule has 0 radical (unpaired) electrons. The molecule has 0 fully saturated rings. The molecule has 0 bridgehead atoms. The van der Waals surface area contributed by atoms with Gasteiger partial charge in [0, 0.05) is 5.02 Å². The zero-order chi connectivity index (χ0) is 14.6. The number of halogens is 4. The molecule has 19 heavy (non-hydrogen) atoms. The highest BCUT2D eigenvalue weighted by Gasteiger charge is 2.45. The van der Waals surface area contributed by atoms with Crippen LogP contribution in [0.4, 0.5) is 13.2 Å². The summed E-state index contributed by atoms with van der Waals surface area (Å²) in [6.45, 7) is 2.55. The number of alkyl halides is 3. The van der Waals surface area contributed by atoms with E-state index in [0.29, 0.717) is 5.02 Å². The molecule has 1 aromatic carbocycles. The lowest BCUT2D eigenvalue weighted by Crippen LogP contribution is -2.32. The average Bonchev–Trinajstić information content (AvgIpc) is 2.31. The van der Waals surface area contributed by atoms with Crippen LogP contribution < -0.4 is 0 Å². The van der Waals surface area contributed by atoms with Crippen molar-refractivity contribution in [3.63, 3.8) is 0 Å². The molecule has 1 rings (SSSR count). The molecular weight excluding hydrogens is 281 g/mol. The minimum atomic E-state index is -4.48. The zero-order valence-corrected chi connectivity index (χ0v) is 11.3. The Morgan fingerprint density at radius 1 is 1.32 bits per heavy atom. The van der Waals surface area contributed by atoms with Gasteiger partial charge >= 0.3 is 12.1 Å². The first-order chi connectivity index (χ1) is 8.77. The predicted octanol–water partition coefficient (Wildman–Crippen LogP) is 4.19. The summed E-state index contributed by atoms with van der Waals surface area (Å²) in [4.78, 5) is 11.8. The largest absolute Gasteiger partial charge is 0.466 e. The molecule has 0 amide bonds. The maximum Gasteiger partial charge on any atom is 0.392 e. The van der Waals surface area contributed by atoms with Crippen molar-refractivity contribution in [3.05, 3.63) is 34.9 Å². The van der Waals surface area contributed by atoms with E-state index in [1.807, 2.05) is 0 Å². The van der Waals surface area contributed by atoms with Crippen molar-refractivity contribution in [1.29, 1.82) is 0 Å². The minimum Gasteiger partial charge on any atom is -0.466 e. The molecule has 2 nitrogen and oxygen atoms in total. The normalized spacial score (nSPS) is 14.8. The van der Waals surface area contributed by atoms with Gasteiger partial charge in [-0.1, -0.05) is 30.7 Å². The fraction of sp³-hybridized carbons (Fsp3) is 0.462. The van der Waals surface area contributed by atoms with Gasteiger partial charge in [0.1, 0.15) is 0 Å². The van der Waals surface area contributed by atoms with Gasteiger partial charge < -0.3 is 4.74 Å². The van der Waals surface area contributed by atoms with E-state index < -0.39 is 24.0 Å². The Bertz CT molecular complexity index is 429. The number of ether oxygens (including phenoxy) is 1. The van der Waals surface area contributed by atoms with Crippen molar-refractivity contribution in [2.24, 2.45) is 5.92 Å². The van der Waals surface area contributed by atoms with E-state index >= 15 is 0 Å². The van der Waals surface area contributed by atoms with Crippen LogP contribution >= 0.6 is 11.6 Å². The molecule has 0 aliphatic rings. The number of rotatable bonds is 4. The highest BCUT2D eigenvalue weighted by molar-refractivity contribution is 6.30. The van der Waals surface area contributed by atoms with Crippen molar-refractivity contribution < 1.29 is 22.7 Å². The molecule has 106 valence electrons. The van der Waals surface area contributed by atoms with Crippen LogP contribution in [0, 0.1) is 5.92 Å². The van der Waals surface area contributed by atoms with Gasteiger partial charge in [-0.3, -0.25) is 4.79 Å². The summed E-state index contributed by atoms with van der Waals surface area (Å²) in [6.07, 6.45) is -4.48. The van der Waals surface area contributed by atoms with Gasteiger partial charge in [-0.25, -0.2) is 0 Å². The molecule has 0 N–H and O–H groups in total. The molecule has 0 saturated heterocycles. The number of esters is 1. The van der Waals surface area contributed by atoms with Gasteiger partial charge in [-0.15, -0.1) is 0 Å². The van der Waals surface area contributed by atoms with E-state index in [9.17, 15) is 18.0 Å². The van der Waals surface area contributed by atoms with Crippen molar-refractivity contribution in [1.82, 2.24) is 0 Å². The monoisotopic (exact) mass is 294 g/mol. The van der Waals surface area contributed by atoms with E-state index in [2.05, 4.69) is 0 Å². The number of carbonyl (C=O) groups excluding carboxylic acids is 1. The summed E-state index contributed by atoms with van der Waals surface area (Å²) in [5.74, 6) is -4.08. The first kappa shape index (κ1) is 15.8. The van der Waals surface area contributed by atoms with Gasteiger partial charge in [0.25, 0.3) is 0 Å². The first-order valence-electron chi connectivity index (χ1n) is 5.76. The van der Waals surface area contributed by atoms with Crippen molar-refractivity contribution in [2.75, 3.05) is 6.61 Å². The summed E-state index contributed by atoms with van der Waals surface area (Å²) in [5.41, 5.74) is 0.243. The summed E-state index contributed by atoms with van der Waals surface area (Å²) in [7, 11) is 0. The Kier molecular flexibility index (Phi) is 5.23. The number of hydrogen-bond acceptors (Lipinski definition) is 2. The van der Waals surface area contributed by atoms with Crippen molar-refractivity contribution >= 4 is 17.6 Å². The molecule has 0 aliphatic heterocycles. The second-order valence-corrected chi connectivity index (χ2v) is 4.55. The van der Waals surface area contributed by atoms with Gasteiger partial charge in [0.05, 0.1) is 18.4 Å². The first-order valence-corrected chi connectivity index (χ1v) is 6.14. The lowest BCUT2D eigenvalue weighted by molar-refractivity contribution is -0.185. The molecule has 0 heterocycles. The van der Waals surface area contributed by atoms with Gasteiger partial charge in [-0.05, 0) is 24.6 Å². The van der Waals surface area contributed by atoms with E-state index in [1.54, 1.807) is 6.92 Å². The molecule has 1 aromatic rings. The van der Waals surface area contributed by atoms with Crippen LogP contribution in [0.25, 0.3) is 0 Å². The van der Waals surface area contributed by atoms with Gasteiger partial charge in [-0.2, -0.15) is 13.2 Å². The van der Waals surface area contributed by atoms with Crippen molar-refractivity contribution in [2.45, 2.75) is 25.9 Å². The standard InChI is InChI=1S/C13H14ClF3O2/c1-3-19-12(18)11(8(2)13(15,16)17)9-4-6-10(14)7-5-9/h4-8,11H,3H2,1-2H3/t8-,11?/m1/s1. The summed E-state index contributed by atoms with van der Waals surface area (Å²) in [6, 6.07) is 5.72. The van der Waals surface area contributed by atoms with Gasteiger partial charge in [0.2, 0.25) is 0 Å². The fourth-order valence-corrected chi connectivity index (χ4v) is 1.85. The third kappa shape index (κ3) is 4.13. The van der Waals surface area contributed by atoms with E-state index in [-0.39, 0.29) is 12.2 Å². The Morgan fingerprint density at radius 3 is 2.26 bits per heavy atom. The Morgan fingerprint density at radius 2 is 1.84 bits per heavy atom. The topological polar surface area (TPSA) is 26.3 Å². The van der Waals surface area contributed by atoms with E-state index in [1.165, 1.54) is 24.3 Å². The highest BCUT2D eigenvalue weighted by atomic mass is 35.5. The average molecular weight is 295 g/mol. The van der Waals surface area contributed by atoms with Crippen LogP contribution in [0.2, 0.25) is 5.02 Å². The van der Waals surface area contributed by atoms with Crippen LogP contribution in [0.1, 0.15) is 25.3 Å². The third-order valence-electron chi connectivity index (χ3n) is 2.79. The fourth-order valence-electron chi connectivity index (χ4n) is 1.72. The van der Waals surface area contributed by atoms with Crippen LogP contribution in [0.5, 0.6) is 0 Å². The Hall–Kier alpha value is -1.23. The number of carbonyl (C=O) groups is 1. The zero-order valence-electron chi connectivity index (χ0n) is 10.5. The maximum atomic E-state index is 12.8.